The lowest BCUT2D eigenvalue weighted by Crippen LogP contribution is -2.62. The first-order valence-electron chi connectivity index (χ1n) is 26.8. The van der Waals surface area contributed by atoms with Gasteiger partial charge in [0.1, 0.15) is 42.2 Å². The van der Waals surface area contributed by atoms with Crippen LogP contribution in [0.5, 0.6) is 5.75 Å². The normalized spacial score (nSPS) is 17.8. The Morgan fingerprint density at radius 3 is 1.67 bits per heavy atom. The van der Waals surface area contributed by atoms with Crippen LogP contribution in [0, 0.1) is 11.8 Å². The Labute approximate surface area is 480 Å². The number of carbonyl (C=O) groups is 7. The number of benzene rings is 4. The molecule has 5 rings (SSSR count). The Hall–Kier alpha value is -7.52. The van der Waals surface area contributed by atoms with E-state index in [0.717, 1.165) is 16.7 Å². The fourth-order valence-corrected chi connectivity index (χ4v) is 8.00. The average molecular weight is 1170 g/mol. The van der Waals surface area contributed by atoms with Crippen LogP contribution in [0.25, 0.3) is 0 Å². The standard InChI is InChI=1S/C56H75N7O13.C2HF3O2/c1-35(2)47(61-52(66)37(5)57)54(68)58-27-17-28-72-56-51(75-33-41-22-15-10-16-23-41)50(74-32-40-20-13-9-14-21-40)49(73-31-39-18-11-8-12-19-39)45(76-56)34-71-29-26-46(65)60-48(36(3)4)55(69)63-62-53(67)43-30-42(59-38(6)64)24-25-44(43)70-7;3-2(4,5)1(6)7/h8-16,18-25,30,35-37,45,47-51,56H,17,26-29,31-34,57H2,1-7H3,(H,58,68)(H,59,64)(H,60,65)(H,61,66)(H,62,67)(H,63,69);(H,6,7)/t37-,45+,47-,48-,49+,50-,51+,56?;/m0./s1. The lowest BCUT2D eigenvalue weighted by molar-refractivity contribution is -0.328. The third-order valence-corrected chi connectivity index (χ3v) is 12.3. The number of anilines is 1. The zero-order chi connectivity index (χ0) is 61.1. The van der Waals surface area contributed by atoms with Gasteiger partial charge in [-0.2, -0.15) is 13.2 Å². The minimum absolute atomic E-state index is 0.0523. The minimum atomic E-state index is -5.08. The van der Waals surface area contributed by atoms with Gasteiger partial charge >= 0.3 is 12.1 Å². The summed E-state index contributed by atoms with van der Waals surface area (Å²) in [6.07, 6.45) is -9.16. The van der Waals surface area contributed by atoms with Gasteiger partial charge in [-0.05, 0) is 60.1 Å². The van der Waals surface area contributed by atoms with Crippen molar-refractivity contribution in [2.24, 2.45) is 17.6 Å². The first-order valence-corrected chi connectivity index (χ1v) is 26.8. The zero-order valence-corrected chi connectivity index (χ0v) is 47.4. The molecule has 0 radical (unpaired) electrons. The van der Waals surface area contributed by atoms with Gasteiger partial charge in [0.2, 0.25) is 23.6 Å². The molecule has 0 spiro atoms. The fraction of sp³-hybridized carbons (Fsp3) is 0.466. The lowest BCUT2D eigenvalue weighted by Gasteiger charge is -2.46. The number of aliphatic carboxylic acids is 1. The summed E-state index contributed by atoms with van der Waals surface area (Å²) < 4.78 is 76.7. The van der Waals surface area contributed by atoms with Crippen molar-refractivity contribution in [3.8, 4) is 5.75 Å². The summed E-state index contributed by atoms with van der Waals surface area (Å²) >= 11 is 0. The van der Waals surface area contributed by atoms with Crippen molar-refractivity contribution in [3.05, 3.63) is 131 Å². The van der Waals surface area contributed by atoms with Gasteiger partial charge < -0.3 is 65.3 Å². The van der Waals surface area contributed by atoms with Gasteiger partial charge in [-0.1, -0.05) is 119 Å². The number of nitrogens with two attached hydrogens (primary N) is 1. The number of carbonyl (C=O) groups excluding carboxylic acids is 6. The van der Waals surface area contributed by atoms with Crippen LogP contribution in [0.2, 0.25) is 0 Å². The monoisotopic (exact) mass is 1170 g/mol. The summed E-state index contributed by atoms with van der Waals surface area (Å²) in [7, 11) is 1.38. The Morgan fingerprint density at radius 1 is 0.663 bits per heavy atom. The van der Waals surface area contributed by atoms with Gasteiger partial charge in [0, 0.05) is 25.6 Å². The number of alkyl halides is 3. The molecule has 1 unspecified atom stereocenters. The van der Waals surface area contributed by atoms with E-state index < -0.39 is 84.6 Å². The minimum Gasteiger partial charge on any atom is -0.496 e. The number of rotatable bonds is 29. The predicted molar refractivity (Wildman–Crippen MR) is 297 cm³/mol. The summed E-state index contributed by atoms with van der Waals surface area (Å²) in [5.74, 6) is -6.13. The second kappa shape index (κ2) is 34.8. The summed E-state index contributed by atoms with van der Waals surface area (Å²) in [6, 6.07) is 30.8. The Bertz CT molecular complexity index is 2670. The fourth-order valence-electron chi connectivity index (χ4n) is 8.00. The molecule has 9 N–H and O–H groups in total. The molecule has 0 bridgehead atoms. The molecule has 4 aromatic rings. The number of hydrogen-bond acceptors (Lipinski definition) is 15. The maximum absolute atomic E-state index is 13.4. The van der Waals surface area contributed by atoms with Crippen molar-refractivity contribution < 1.29 is 85.0 Å². The van der Waals surface area contributed by atoms with E-state index in [1.165, 1.54) is 26.2 Å². The molecule has 83 heavy (non-hydrogen) atoms. The van der Waals surface area contributed by atoms with Crippen LogP contribution in [-0.4, -0.2) is 135 Å². The number of ether oxygens (including phenoxy) is 7. The van der Waals surface area contributed by atoms with Gasteiger partial charge in [-0.25, -0.2) is 4.79 Å². The van der Waals surface area contributed by atoms with Gasteiger partial charge in [0.05, 0.1) is 58.4 Å². The zero-order valence-electron chi connectivity index (χ0n) is 47.4. The van der Waals surface area contributed by atoms with E-state index in [-0.39, 0.29) is 87.6 Å². The number of amides is 6. The maximum Gasteiger partial charge on any atom is 0.490 e. The van der Waals surface area contributed by atoms with Crippen molar-refractivity contribution >= 4 is 47.1 Å². The highest BCUT2D eigenvalue weighted by molar-refractivity contribution is 6.00. The van der Waals surface area contributed by atoms with E-state index in [9.17, 15) is 41.9 Å². The topological polar surface area (TPSA) is 303 Å². The van der Waals surface area contributed by atoms with Crippen molar-refractivity contribution in [1.29, 1.82) is 0 Å². The summed E-state index contributed by atoms with van der Waals surface area (Å²) in [6.45, 7) is 10.8. The SMILES string of the molecule is COc1ccc(NC(C)=O)cc1C(=O)NNC(=O)[C@@H](NC(=O)CCOC[C@H]1OC(OCCCNC(=O)[C@@H](NC(=O)[C@H](C)N)C(C)C)[C@H](OCc2ccccc2)[C@@H](OCc2ccccc2)[C@@H]1OCc1ccccc1)C(C)C.O=C(O)C(F)(F)F. The van der Waals surface area contributed by atoms with Crippen LogP contribution in [0.3, 0.4) is 0 Å². The Morgan fingerprint density at radius 2 is 1.18 bits per heavy atom. The number of methoxy groups -OCH3 is 1. The number of nitrogens with one attached hydrogen (secondary N) is 6. The molecule has 22 nitrogen and oxygen atoms in total. The highest BCUT2D eigenvalue weighted by Gasteiger charge is 2.49. The summed E-state index contributed by atoms with van der Waals surface area (Å²) in [4.78, 5) is 86.1. The highest BCUT2D eigenvalue weighted by Crippen LogP contribution is 2.32. The largest absolute Gasteiger partial charge is 0.496 e. The molecule has 8 atom stereocenters. The predicted octanol–water partition coefficient (Wildman–Crippen LogP) is 5.09. The van der Waals surface area contributed by atoms with Crippen LogP contribution in [0.15, 0.2) is 109 Å². The van der Waals surface area contributed by atoms with Crippen LogP contribution in [-0.2, 0) is 77.0 Å². The van der Waals surface area contributed by atoms with E-state index in [4.69, 9.17) is 48.8 Å². The molecule has 6 amide bonds. The third kappa shape index (κ3) is 23.7. The molecule has 1 heterocycles. The molecule has 25 heteroatoms. The Kier molecular flexibility index (Phi) is 28.5. The first kappa shape index (κ1) is 68.0. The lowest BCUT2D eigenvalue weighted by atomic mass is 9.97. The van der Waals surface area contributed by atoms with Crippen LogP contribution >= 0.6 is 0 Å². The average Bonchev–Trinajstić information content (AvgIpc) is 3.46. The summed E-state index contributed by atoms with van der Waals surface area (Å²) in [5, 5.41) is 18.1. The number of halogens is 3. The molecule has 0 saturated carbocycles. The van der Waals surface area contributed by atoms with E-state index in [2.05, 4.69) is 32.1 Å². The van der Waals surface area contributed by atoms with E-state index in [1.807, 2.05) is 105 Å². The molecule has 454 valence electrons. The highest BCUT2D eigenvalue weighted by atomic mass is 19.4. The quantitative estimate of drug-likeness (QED) is 0.0260. The van der Waals surface area contributed by atoms with Crippen molar-refractivity contribution in [2.45, 2.75) is 129 Å². The van der Waals surface area contributed by atoms with Crippen LogP contribution < -0.4 is 42.6 Å². The maximum atomic E-state index is 13.4. The number of carboxylic acid groups (broad SMARTS) is 1. The van der Waals surface area contributed by atoms with E-state index in [0.29, 0.717) is 12.1 Å². The molecule has 1 aliphatic rings. The number of carboxylic acids is 1. The molecule has 4 aromatic carbocycles. The smallest absolute Gasteiger partial charge is 0.490 e. The van der Waals surface area contributed by atoms with Gasteiger partial charge in [-0.3, -0.25) is 39.6 Å². The number of hydrazine groups is 1. The van der Waals surface area contributed by atoms with Gasteiger partial charge in [0.25, 0.3) is 11.8 Å². The van der Waals surface area contributed by atoms with E-state index >= 15 is 0 Å². The van der Waals surface area contributed by atoms with E-state index in [1.54, 1.807) is 26.8 Å². The number of hydrogen-bond donors (Lipinski definition) is 8. The van der Waals surface area contributed by atoms with Gasteiger partial charge in [0.15, 0.2) is 6.29 Å². The van der Waals surface area contributed by atoms with Crippen molar-refractivity contribution in [1.82, 2.24) is 26.8 Å². The molecule has 1 aliphatic heterocycles. The van der Waals surface area contributed by atoms with Crippen molar-refractivity contribution in [2.75, 3.05) is 38.8 Å². The molecular weight excluding hydrogens is 1090 g/mol. The van der Waals surface area contributed by atoms with Crippen LogP contribution in [0.4, 0.5) is 18.9 Å². The Balaban J connectivity index is 0.00000198. The molecule has 1 fully saturated rings. The van der Waals surface area contributed by atoms with Crippen molar-refractivity contribution in [3.63, 3.8) is 0 Å². The molecule has 0 aliphatic carbocycles. The second-order valence-electron chi connectivity index (χ2n) is 19.8. The van der Waals surface area contributed by atoms with Gasteiger partial charge in [-0.15, -0.1) is 0 Å². The molecule has 0 aromatic heterocycles. The molecule has 1 saturated heterocycles. The summed E-state index contributed by atoms with van der Waals surface area (Å²) in [5.41, 5.74) is 13.6. The second-order valence-corrected chi connectivity index (χ2v) is 19.8. The van der Waals surface area contributed by atoms with Crippen LogP contribution in [0.1, 0.15) is 81.4 Å². The first-order chi connectivity index (χ1) is 39.5. The molecular formula is C58H76F3N7O15. The third-order valence-electron chi connectivity index (χ3n) is 12.3.